The predicted molar refractivity (Wildman–Crippen MR) is 114 cm³/mol. The number of aryl methyl sites for hydroxylation is 1. The monoisotopic (exact) mass is 449 g/mol. The Morgan fingerprint density at radius 1 is 1.16 bits per heavy atom. The Labute approximate surface area is 184 Å². The number of benzene rings is 1. The number of hydrogen-bond donors (Lipinski definition) is 2. The molecule has 4 amide bonds. The van der Waals surface area contributed by atoms with E-state index >= 15 is 0 Å². The van der Waals surface area contributed by atoms with Crippen LogP contribution in [0.5, 0.6) is 5.75 Å². The van der Waals surface area contributed by atoms with Crippen LogP contribution in [-0.4, -0.2) is 53.2 Å². The first-order chi connectivity index (χ1) is 14.9. The number of nitrogens with one attached hydrogen (secondary N) is 2. The lowest BCUT2D eigenvalue weighted by Gasteiger charge is -2.28. The maximum Gasteiger partial charge on any atom is 0.340 e. The van der Waals surface area contributed by atoms with Crippen LogP contribution in [0.25, 0.3) is 0 Å². The predicted octanol–water partition coefficient (Wildman–Crippen LogP) is 3.44. The molecule has 1 fully saturated rings. The summed E-state index contributed by atoms with van der Waals surface area (Å²) in [4.78, 5) is 37.3. The minimum Gasteiger partial charge on any atom is -0.495 e. The number of ether oxygens (including phenoxy) is 1. The average molecular weight is 450 g/mol. The lowest BCUT2D eigenvalue weighted by atomic mass is 10.2. The molecule has 0 radical (unpaired) electrons. The summed E-state index contributed by atoms with van der Waals surface area (Å²) in [5, 5.41) is 12.3. The largest absolute Gasteiger partial charge is 0.495 e. The summed E-state index contributed by atoms with van der Waals surface area (Å²) in [5.74, 6) is 0.907. The second kappa shape index (κ2) is 10.2. The van der Waals surface area contributed by atoms with Crippen LogP contribution in [0.4, 0.5) is 16.3 Å². The topological polar surface area (TPSA) is 117 Å². The van der Waals surface area contributed by atoms with Crippen LogP contribution < -0.4 is 15.4 Å². The summed E-state index contributed by atoms with van der Waals surface area (Å²) >= 11 is 6.00. The average Bonchev–Trinajstić information content (AvgIpc) is 3.37. The van der Waals surface area contributed by atoms with E-state index in [1.54, 1.807) is 31.2 Å². The van der Waals surface area contributed by atoms with Gasteiger partial charge in [0.2, 0.25) is 11.8 Å². The first-order valence-electron chi connectivity index (χ1n) is 9.83. The molecule has 11 heteroatoms. The molecular formula is C20H24ClN5O5. The van der Waals surface area contributed by atoms with Crippen LogP contribution >= 0.6 is 11.6 Å². The number of rotatable bonds is 7. The fraction of sp³-hybridized carbons (Fsp3) is 0.400. The molecule has 31 heavy (non-hydrogen) atoms. The van der Waals surface area contributed by atoms with Crippen molar-refractivity contribution in [3.05, 3.63) is 35.0 Å². The van der Waals surface area contributed by atoms with Gasteiger partial charge in [0.1, 0.15) is 11.5 Å². The van der Waals surface area contributed by atoms with Crippen molar-refractivity contribution in [2.75, 3.05) is 30.8 Å². The van der Waals surface area contributed by atoms with E-state index in [1.165, 1.54) is 17.1 Å². The standard InChI is InChI=1S/C20H24ClN5O5/c1-13-11-17(24-31-13)23-18(27)5-3-6-19(28)25-9-4-10-26(25)20(29)22-15-12-14(21)7-8-16(15)30-2/h7-8,11-12H,3-6,9-10H2,1-2H3,(H,22,29)(H,23,24,27). The first-order valence-corrected chi connectivity index (χ1v) is 10.2. The summed E-state index contributed by atoms with van der Waals surface area (Å²) in [7, 11) is 1.49. The molecule has 0 atom stereocenters. The van der Waals surface area contributed by atoms with Crippen molar-refractivity contribution in [2.24, 2.45) is 0 Å². The van der Waals surface area contributed by atoms with Crippen LogP contribution in [0.1, 0.15) is 31.4 Å². The van der Waals surface area contributed by atoms with E-state index in [0.29, 0.717) is 54.0 Å². The number of amides is 4. The number of methoxy groups -OCH3 is 1. The zero-order valence-corrected chi connectivity index (χ0v) is 18.1. The summed E-state index contributed by atoms with van der Waals surface area (Å²) < 4.78 is 10.1. The third-order valence-corrected chi connectivity index (χ3v) is 4.88. The lowest BCUT2D eigenvalue weighted by molar-refractivity contribution is -0.139. The Kier molecular flexibility index (Phi) is 7.35. The molecule has 0 bridgehead atoms. The van der Waals surface area contributed by atoms with Crippen LogP contribution in [0, 0.1) is 6.92 Å². The molecule has 2 N–H and O–H groups in total. The third kappa shape index (κ3) is 5.88. The zero-order chi connectivity index (χ0) is 22.4. The van der Waals surface area contributed by atoms with Crippen LogP contribution in [-0.2, 0) is 9.59 Å². The molecule has 1 aromatic carbocycles. The molecule has 0 unspecified atom stereocenters. The molecule has 0 spiro atoms. The summed E-state index contributed by atoms with van der Waals surface area (Å²) in [5.41, 5.74) is 0.416. The molecule has 1 saturated heterocycles. The maximum atomic E-state index is 12.7. The van der Waals surface area contributed by atoms with Crippen molar-refractivity contribution in [1.82, 2.24) is 15.2 Å². The quantitative estimate of drug-likeness (QED) is 0.668. The number of urea groups is 1. The number of anilines is 2. The van der Waals surface area contributed by atoms with Crippen molar-refractivity contribution in [3.8, 4) is 5.75 Å². The van der Waals surface area contributed by atoms with Gasteiger partial charge in [0, 0.05) is 37.0 Å². The smallest absolute Gasteiger partial charge is 0.340 e. The fourth-order valence-corrected chi connectivity index (χ4v) is 3.37. The van der Waals surface area contributed by atoms with Gasteiger partial charge >= 0.3 is 6.03 Å². The summed E-state index contributed by atoms with van der Waals surface area (Å²) in [6, 6.07) is 6.04. The van der Waals surface area contributed by atoms with E-state index in [4.69, 9.17) is 20.9 Å². The molecular weight excluding hydrogens is 426 g/mol. The van der Waals surface area contributed by atoms with Crippen LogP contribution in [0.2, 0.25) is 5.02 Å². The highest BCUT2D eigenvalue weighted by atomic mass is 35.5. The molecule has 0 aliphatic carbocycles. The number of hydrazine groups is 1. The van der Waals surface area contributed by atoms with E-state index in [0.717, 1.165) is 0 Å². The van der Waals surface area contributed by atoms with Gasteiger partial charge in [0.15, 0.2) is 5.82 Å². The highest BCUT2D eigenvalue weighted by Crippen LogP contribution is 2.28. The van der Waals surface area contributed by atoms with Gasteiger partial charge in [-0.1, -0.05) is 16.8 Å². The molecule has 166 valence electrons. The summed E-state index contributed by atoms with van der Waals surface area (Å²) in [6.07, 6.45) is 1.29. The number of nitrogens with zero attached hydrogens (tertiary/aromatic N) is 3. The Balaban J connectivity index is 1.51. The fourth-order valence-electron chi connectivity index (χ4n) is 3.20. The van der Waals surface area contributed by atoms with Gasteiger partial charge in [-0.25, -0.2) is 9.80 Å². The van der Waals surface area contributed by atoms with E-state index in [1.807, 2.05) is 0 Å². The Morgan fingerprint density at radius 3 is 2.65 bits per heavy atom. The molecule has 1 aliphatic heterocycles. The van der Waals surface area contributed by atoms with E-state index in [2.05, 4.69) is 15.8 Å². The van der Waals surface area contributed by atoms with E-state index < -0.39 is 6.03 Å². The minimum atomic E-state index is -0.453. The minimum absolute atomic E-state index is 0.134. The number of aromatic nitrogens is 1. The van der Waals surface area contributed by atoms with E-state index in [-0.39, 0.29) is 24.7 Å². The van der Waals surface area contributed by atoms with Crippen molar-refractivity contribution >= 4 is 41.0 Å². The summed E-state index contributed by atoms with van der Waals surface area (Å²) in [6.45, 7) is 2.57. The SMILES string of the molecule is COc1ccc(Cl)cc1NC(=O)N1CCCN1C(=O)CCCC(=O)Nc1cc(C)on1. The van der Waals surface area contributed by atoms with Crippen molar-refractivity contribution in [1.29, 1.82) is 0 Å². The second-order valence-corrected chi connectivity index (χ2v) is 7.43. The van der Waals surface area contributed by atoms with Gasteiger partial charge in [-0.2, -0.15) is 0 Å². The zero-order valence-electron chi connectivity index (χ0n) is 17.3. The van der Waals surface area contributed by atoms with Crippen molar-refractivity contribution in [2.45, 2.75) is 32.6 Å². The van der Waals surface area contributed by atoms with Gasteiger partial charge in [0.05, 0.1) is 12.8 Å². The second-order valence-electron chi connectivity index (χ2n) is 6.99. The highest BCUT2D eigenvalue weighted by Gasteiger charge is 2.30. The number of carbonyl (C=O) groups excluding carboxylic acids is 3. The molecule has 0 saturated carbocycles. The Hall–Kier alpha value is -3.27. The van der Waals surface area contributed by atoms with Gasteiger partial charge in [-0.05, 0) is 38.0 Å². The maximum absolute atomic E-state index is 12.7. The number of carbonyl (C=O) groups is 3. The number of hydrogen-bond acceptors (Lipinski definition) is 6. The molecule has 1 aliphatic rings. The third-order valence-electron chi connectivity index (χ3n) is 4.65. The van der Waals surface area contributed by atoms with Gasteiger partial charge < -0.3 is 19.9 Å². The Bertz CT molecular complexity index is 963. The van der Waals surface area contributed by atoms with Crippen molar-refractivity contribution < 1.29 is 23.6 Å². The molecule has 2 heterocycles. The Morgan fingerprint density at radius 2 is 1.94 bits per heavy atom. The van der Waals surface area contributed by atoms with E-state index in [9.17, 15) is 14.4 Å². The van der Waals surface area contributed by atoms with Gasteiger partial charge in [0.25, 0.3) is 0 Å². The molecule has 3 rings (SSSR count). The molecule has 2 aromatic rings. The number of halogens is 1. The first kappa shape index (κ1) is 22.4. The normalized spacial score (nSPS) is 13.3. The van der Waals surface area contributed by atoms with Crippen LogP contribution in [0.15, 0.2) is 28.8 Å². The van der Waals surface area contributed by atoms with Crippen LogP contribution in [0.3, 0.4) is 0 Å². The van der Waals surface area contributed by atoms with Crippen molar-refractivity contribution in [3.63, 3.8) is 0 Å². The highest BCUT2D eigenvalue weighted by molar-refractivity contribution is 6.31. The van der Waals surface area contributed by atoms with Gasteiger partial charge in [-0.15, -0.1) is 0 Å². The lowest BCUT2D eigenvalue weighted by Crippen LogP contribution is -2.46. The van der Waals surface area contributed by atoms with Gasteiger partial charge in [-0.3, -0.25) is 14.6 Å². The molecule has 1 aromatic heterocycles. The molecule has 10 nitrogen and oxygen atoms in total.